The van der Waals surface area contributed by atoms with Crippen LogP contribution in [0.15, 0.2) is 0 Å². The molecule has 2 aliphatic rings. The summed E-state index contributed by atoms with van der Waals surface area (Å²) in [5.41, 5.74) is 0. The van der Waals surface area contributed by atoms with Gasteiger partial charge in [-0.25, -0.2) is 0 Å². The number of nitrogens with zero attached hydrogens (tertiary/aromatic N) is 4. The number of rotatable bonds is 4. The van der Waals surface area contributed by atoms with Gasteiger partial charge in [0.05, 0.1) is 0 Å². The minimum absolute atomic E-state index is 0.572. The molecule has 0 spiro atoms. The summed E-state index contributed by atoms with van der Waals surface area (Å²) in [6, 6.07) is 0. The number of fused-ring (bicyclic) bond motifs is 1. The van der Waals surface area contributed by atoms with Crippen molar-refractivity contribution in [2.24, 2.45) is 5.92 Å². The Kier molecular flexibility index (Phi) is 3.90. The number of nitrogens with one attached hydrogen (secondary N) is 1. The zero-order valence-electron chi connectivity index (χ0n) is 12.4. The Morgan fingerprint density at radius 1 is 1.14 bits per heavy atom. The van der Waals surface area contributed by atoms with Crippen LogP contribution in [0.4, 0.5) is 0 Å². The normalized spacial score (nSPS) is 24.1. The lowest BCUT2D eigenvalue weighted by molar-refractivity contribution is 0.422. The van der Waals surface area contributed by atoms with Crippen LogP contribution in [0.25, 0.3) is 4.96 Å². The van der Waals surface area contributed by atoms with Gasteiger partial charge in [0.25, 0.3) is 0 Å². The Labute approximate surface area is 129 Å². The van der Waals surface area contributed by atoms with E-state index in [0.29, 0.717) is 5.92 Å². The number of aryl methyl sites for hydroxylation is 1. The molecule has 6 heteroatoms. The summed E-state index contributed by atoms with van der Waals surface area (Å²) in [6.07, 6.45) is 10.2. The Hall–Kier alpha value is -1.01. The van der Waals surface area contributed by atoms with Crippen molar-refractivity contribution in [1.82, 2.24) is 25.1 Å². The van der Waals surface area contributed by atoms with Gasteiger partial charge in [-0.3, -0.25) is 0 Å². The van der Waals surface area contributed by atoms with Crippen LogP contribution in [0, 0.1) is 5.92 Å². The van der Waals surface area contributed by atoms with Crippen LogP contribution >= 0.6 is 11.3 Å². The van der Waals surface area contributed by atoms with Crippen LogP contribution in [0.5, 0.6) is 0 Å². The molecule has 1 N–H and O–H groups in total. The van der Waals surface area contributed by atoms with Gasteiger partial charge in [-0.05, 0) is 44.7 Å². The van der Waals surface area contributed by atoms with Crippen molar-refractivity contribution in [3.63, 3.8) is 0 Å². The lowest BCUT2D eigenvalue weighted by atomic mass is 9.89. The van der Waals surface area contributed by atoms with Crippen molar-refractivity contribution in [3.8, 4) is 0 Å². The van der Waals surface area contributed by atoms with Crippen LogP contribution in [0.3, 0.4) is 0 Å². The molecule has 2 aromatic rings. The van der Waals surface area contributed by atoms with Gasteiger partial charge in [0.2, 0.25) is 4.96 Å². The van der Waals surface area contributed by atoms with Crippen LogP contribution in [0.1, 0.15) is 61.7 Å². The molecule has 0 radical (unpaired) electrons. The van der Waals surface area contributed by atoms with E-state index in [1.165, 1.54) is 63.0 Å². The lowest BCUT2D eigenvalue weighted by Crippen LogP contribution is -2.10. The standard InChI is InChI=1S/C15H23N5S/c1-2-4-12(5-3-1)14-17-18-15-20(14)19-13(21-15)7-6-11-8-9-16-10-11/h11-12,16H,1-10H2. The van der Waals surface area contributed by atoms with E-state index in [4.69, 9.17) is 5.10 Å². The molecule has 2 fully saturated rings. The SMILES string of the molecule is C1CCC(c2nnc3sc(CCC4CCNC4)nn23)CC1. The van der Waals surface area contributed by atoms with Gasteiger partial charge in [0, 0.05) is 12.3 Å². The highest BCUT2D eigenvalue weighted by atomic mass is 32.1. The van der Waals surface area contributed by atoms with Gasteiger partial charge in [0.15, 0.2) is 5.82 Å². The zero-order chi connectivity index (χ0) is 14.1. The van der Waals surface area contributed by atoms with E-state index in [2.05, 4.69) is 15.5 Å². The molecule has 1 atom stereocenters. The summed E-state index contributed by atoms with van der Waals surface area (Å²) in [6.45, 7) is 2.36. The van der Waals surface area contributed by atoms with Crippen LogP contribution in [-0.4, -0.2) is 32.9 Å². The van der Waals surface area contributed by atoms with E-state index in [9.17, 15) is 0 Å². The lowest BCUT2D eigenvalue weighted by Gasteiger charge is -2.18. The third-order valence-electron chi connectivity index (χ3n) is 4.96. The molecule has 2 aromatic heterocycles. The number of aromatic nitrogens is 4. The minimum atomic E-state index is 0.572. The fraction of sp³-hybridized carbons (Fsp3) is 0.800. The molecule has 0 amide bonds. The number of hydrogen-bond donors (Lipinski definition) is 1. The second-order valence-electron chi connectivity index (χ2n) is 6.48. The fourth-order valence-electron chi connectivity index (χ4n) is 3.68. The molecular formula is C15H23N5S. The topological polar surface area (TPSA) is 55.1 Å². The zero-order valence-corrected chi connectivity index (χ0v) is 13.2. The molecule has 1 saturated heterocycles. The van der Waals surface area contributed by atoms with Gasteiger partial charge in [-0.2, -0.15) is 9.61 Å². The maximum Gasteiger partial charge on any atom is 0.234 e. The molecule has 5 nitrogen and oxygen atoms in total. The summed E-state index contributed by atoms with van der Waals surface area (Å²) in [4.78, 5) is 0.982. The van der Waals surface area contributed by atoms with Gasteiger partial charge >= 0.3 is 0 Å². The van der Waals surface area contributed by atoms with Gasteiger partial charge in [0.1, 0.15) is 5.01 Å². The smallest absolute Gasteiger partial charge is 0.234 e. The average Bonchev–Trinajstić information content (AvgIpc) is 3.22. The monoisotopic (exact) mass is 305 g/mol. The second-order valence-corrected chi connectivity index (χ2v) is 7.52. The van der Waals surface area contributed by atoms with Gasteiger partial charge < -0.3 is 5.32 Å². The summed E-state index contributed by atoms with van der Waals surface area (Å²) in [7, 11) is 0. The number of hydrogen-bond acceptors (Lipinski definition) is 5. The van der Waals surface area contributed by atoms with E-state index in [-0.39, 0.29) is 0 Å². The first-order valence-electron chi connectivity index (χ1n) is 8.32. The largest absolute Gasteiger partial charge is 0.316 e. The van der Waals surface area contributed by atoms with Gasteiger partial charge in [-0.15, -0.1) is 10.2 Å². The molecule has 1 unspecified atom stereocenters. The van der Waals surface area contributed by atoms with Crippen molar-refractivity contribution >= 4 is 16.3 Å². The summed E-state index contributed by atoms with van der Waals surface area (Å²) in [5.74, 6) is 2.51. The Morgan fingerprint density at radius 3 is 2.86 bits per heavy atom. The molecule has 1 aliphatic carbocycles. The van der Waals surface area contributed by atoms with Crippen LogP contribution < -0.4 is 5.32 Å². The Balaban J connectivity index is 1.48. The highest BCUT2D eigenvalue weighted by Gasteiger charge is 2.23. The highest BCUT2D eigenvalue weighted by Crippen LogP contribution is 2.32. The third-order valence-corrected chi connectivity index (χ3v) is 5.91. The predicted octanol–water partition coefficient (Wildman–Crippen LogP) is 2.78. The highest BCUT2D eigenvalue weighted by molar-refractivity contribution is 7.16. The van der Waals surface area contributed by atoms with Crippen LogP contribution in [0.2, 0.25) is 0 Å². The van der Waals surface area contributed by atoms with E-state index < -0.39 is 0 Å². The maximum absolute atomic E-state index is 4.80. The molecule has 0 bridgehead atoms. The molecule has 1 aliphatic heterocycles. The molecule has 21 heavy (non-hydrogen) atoms. The van der Waals surface area contributed by atoms with E-state index in [1.54, 1.807) is 11.3 Å². The van der Waals surface area contributed by atoms with Crippen LogP contribution in [-0.2, 0) is 6.42 Å². The quantitative estimate of drug-likeness (QED) is 0.943. The molecule has 3 heterocycles. The minimum Gasteiger partial charge on any atom is -0.316 e. The van der Waals surface area contributed by atoms with Crippen molar-refractivity contribution in [2.45, 2.75) is 57.3 Å². The molecule has 0 aromatic carbocycles. The first-order valence-corrected chi connectivity index (χ1v) is 9.13. The van der Waals surface area contributed by atoms with Crippen molar-refractivity contribution in [3.05, 3.63) is 10.8 Å². The maximum atomic E-state index is 4.80. The van der Waals surface area contributed by atoms with Crippen molar-refractivity contribution in [2.75, 3.05) is 13.1 Å². The average molecular weight is 305 g/mol. The van der Waals surface area contributed by atoms with Gasteiger partial charge in [-0.1, -0.05) is 30.6 Å². The molecule has 1 saturated carbocycles. The van der Waals surface area contributed by atoms with E-state index in [1.807, 2.05) is 4.52 Å². The molecule has 114 valence electrons. The molecule has 4 rings (SSSR count). The first kappa shape index (κ1) is 13.6. The summed E-state index contributed by atoms with van der Waals surface area (Å²) < 4.78 is 2.03. The summed E-state index contributed by atoms with van der Waals surface area (Å²) in [5, 5.41) is 18.2. The second kappa shape index (κ2) is 6.01. The first-order chi connectivity index (χ1) is 10.4. The van der Waals surface area contributed by atoms with E-state index in [0.717, 1.165) is 23.1 Å². The third kappa shape index (κ3) is 2.83. The Bertz CT molecular complexity index is 592. The molecular weight excluding hydrogens is 282 g/mol. The summed E-state index contributed by atoms with van der Waals surface area (Å²) >= 11 is 1.72. The fourth-order valence-corrected chi connectivity index (χ4v) is 4.53. The van der Waals surface area contributed by atoms with Crippen molar-refractivity contribution in [1.29, 1.82) is 0 Å². The van der Waals surface area contributed by atoms with E-state index >= 15 is 0 Å². The predicted molar refractivity (Wildman–Crippen MR) is 83.8 cm³/mol. The Morgan fingerprint density at radius 2 is 2.05 bits per heavy atom. The van der Waals surface area contributed by atoms with Crippen molar-refractivity contribution < 1.29 is 0 Å².